The molecule has 3 aromatic rings. The van der Waals surface area contributed by atoms with Crippen molar-refractivity contribution in [2.45, 2.75) is 6.92 Å². The first kappa shape index (κ1) is 10.3. The van der Waals surface area contributed by atoms with Crippen LogP contribution in [-0.2, 0) is 0 Å². The van der Waals surface area contributed by atoms with Crippen LogP contribution in [0.25, 0.3) is 22.5 Å². The largest absolute Gasteiger partial charge is 0.443 e. The molecule has 0 unspecified atom stereocenters. The molecule has 3 nitrogen and oxygen atoms in total. The van der Waals surface area contributed by atoms with E-state index in [2.05, 4.69) is 9.97 Å². The Bertz CT molecular complexity index is 676. The normalized spacial score (nSPS) is 10.9. The van der Waals surface area contributed by atoms with E-state index in [1.165, 1.54) is 0 Å². The molecule has 0 bridgehead atoms. The van der Waals surface area contributed by atoms with Gasteiger partial charge in [0.25, 0.3) is 0 Å². The molecule has 17 heavy (non-hydrogen) atoms. The third-order valence-electron chi connectivity index (χ3n) is 2.50. The molecule has 0 aliphatic heterocycles. The minimum Gasteiger partial charge on any atom is -0.443 e. The van der Waals surface area contributed by atoms with E-state index in [9.17, 15) is 0 Å². The zero-order chi connectivity index (χ0) is 11.8. The molecule has 2 heterocycles. The summed E-state index contributed by atoms with van der Waals surface area (Å²) in [5.41, 5.74) is 1.45. The Morgan fingerprint density at radius 2 is 1.88 bits per heavy atom. The Balaban J connectivity index is 2.25. The molecule has 0 aliphatic carbocycles. The van der Waals surface area contributed by atoms with E-state index in [0.717, 1.165) is 16.7 Å². The molecule has 0 saturated carbocycles. The van der Waals surface area contributed by atoms with Crippen molar-refractivity contribution >= 4 is 22.7 Å². The van der Waals surface area contributed by atoms with E-state index in [1.807, 2.05) is 43.3 Å². The van der Waals surface area contributed by atoms with Crippen molar-refractivity contribution in [1.29, 1.82) is 0 Å². The highest BCUT2D eigenvalue weighted by atomic mass is 35.5. The van der Waals surface area contributed by atoms with Crippen molar-refractivity contribution in [2.24, 2.45) is 0 Å². The first-order chi connectivity index (χ1) is 8.24. The number of fused-ring (bicyclic) bond motifs is 1. The lowest BCUT2D eigenvalue weighted by Crippen LogP contribution is -1.89. The highest BCUT2D eigenvalue weighted by Crippen LogP contribution is 2.26. The van der Waals surface area contributed by atoms with Gasteiger partial charge in [0.2, 0.25) is 5.71 Å². The van der Waals surface area contributed by atoms with Gasteiger partial charge >= 0.3 is 0 Å². The Labute approximate surface area is 103 Å². The van der Waals surface area contributed by atoms with E-state index < -0.39 is 0 Å². The van der Waals surface area contributed by atoms with Crippen LogP contribution in [0, 0.1) is 6.92 Å². The highest BCUT2D eigenvalue weighted by Gasteiger charge is 2.11. The minimum absolute atomic E-state index is 0.422. The zero-order valence-corrected chi connectivity index (χ0v) is 9.90. The lowest BCUT2D eigenvalue weighted by atomic mass is 10.2. The summed E-state index contributed by atoms with van der Waals surface area (Å²) in [7, 11) is 0. The van der Waals surface area contributed by atoms with E-state index in [1.54, 1.807) is 0 Å². The maximum Gasteiger partial charge on any atom is 0.231 e. The lowest BCUT2D eigenvalue weighted by Gasteiger charge is -2.00. The van der Waals surface area contributed by atoms with E-state index in [0.29, 0.717) is 16.7 Å². The predicted molar refractivity (Wildman–Crippen MR) is 67.0 cm³/mol. The third kappa shape index (κ3) is 1.78. The molecule has 0 amide bonds. The van der Waals surface area contributed by atoms with Gasteiger partial charge in [0.05, 0.1) is 5.39 Å². The fraction of sp³-hybridized carbons (Fsp3) is 0.0769. The second kappa shape index (κ2) is 3.86. The number of rotatable bonds is 1. The summed E-state index contributed by atoms with van der Waals surface area (Å²) in [5, 5.41) is 1.18. The third-order valence-corrected chi connectivity index (χ3v) is 2.79. The summed E-state index contributed by atoms with van der Waals surface area (Å²) >= 11 is 6.11. The van der Waals surface area contributed by atoms with Crippen molar-refractivity contribution in [1.82, 2.24) is 9.97 Å². The van der Waals surface area contributed by atoms with Crippen molar-refractivity contribution in [2.75, 3.05) is 0 Å². The van der Waals surface area contributed by atoms with Gasteiger partial charge in [-0.2, -0.15) is 4.98 Å². The number of aromatic nitrogens is 2. The van der Waals surface area contributed by atoms with E-state index in [4.69, 9.17) is 16.0 Å². The molecule has 3 rings (SSSR count). The van der Waals surface area contributed by atoms with E-state index in [-0.39, 0.29) is 0 Å². The second-order valence-electron chi connectivity index (χ2n) is 3.78. The Hall–Kier alpha value is -1.87. The molecule has 0 atom stereocenters. The zero-order valence-electron chi connectivity index (χ0n) is 9.14. The van der Waals surface area contributed by atoms with Crippen molar-refractivity contribution in [3.63, 3.8) is 0 Å². The summed E-state index contributed by atoms with van der Waals surface area (Å²) in [6.07, 6.45) is 0. The monoisotopic (exact) mass is 244 g/mol. The number of halogens is 1. The molecule has 1 aromatic carbocycles. The minimum atomic E-state index is 0.422. The molecular weight excluding hydrogens is 236 g/mol. The summed E-state index contributed by atoms with van der Waals surface area (Å²) in [5.74, 6) is 1.36. The predicted octanol–water partition coefficient (Wildman–Crippen LogP) is 3.85. The van der Waals surface area contributed by atoms with Crippen LogP contribution in [0.3, 0.4) is 0 Å². The number of hydrogen-bond donors (Lipinski definition) is 0. The molecule has 0 saturated heterocycles. The van der Waals surface area contributed by atoms with Crippen molar-refractivity contribution < 1.29 is 4.42 Å². The van der Waals surface area contributed by atoms with Crippen LogP contribution in [-0.4, -0.2) is 9.97 Å². The summed E-state index contributed by atoms with van der Waals surface area (Å²) in [4.78, 5) is 8.64. The van der Waals surface area contributed by atoms with Crippen LogP contribution < -0.4 is 0 Å². The van der Waals surface area contributed by atoms with Gasteiger partial charge in [-0.1, -0.05) is 41.9 Å². The van der Waals surface area contributed by atoms with Gasteiger partial charge in [0, 0.05) is 5.56 Å². The van der Waals surface area contributed by atoms with Gasteiger partial charge in [0.15, 0.2) is 5.82 Å². The number of aryl methyl sites for hydroxylation is 1. The summed E-state index contributed by atoms with van der Waals surface area (Å²) in [6.45, 7) is 1.86. The Morgan fingerprint density at radius 1 is 1.12 bits per heavy atom. The van der Waals surface area contributed by atoms with Crippen LogP contribution in [0.1, 0.15) is 5.76 Å². The van der Waals surface area contributed by atoms with Gasteiger partial charge in [-0.05, 0) is 13.0 Å². The summed E-state index contributed by atoms with van der Waals surface area (Å²) < 4.78 is 5.48. The SMILES string of the molecule is Cc1cc2c(Cl)nc(-c3ccccc3)nc2o1. The standard InChI is InChI=1S/C13H9ClN2O/c1-8-7-10-11(14)15-12(16-13(10)17-8)9-5-3-2-4-6-9/h2-7H,1H3. The number of benzene rings is 1. The first-order valence-electron chi connectivity index (χ1n) is 5.23. The van der Waals surface area contributed by atoms with Crippen LogP contribution in [0.2, 0.25) is 5.15 Å². The van der Waals surface area contributed by atoms with Gasteiger partial charge in [-0.15, -0.1) is 0 Å². The maximum atomic E-state index is 6.11. The quantitative estimate of drug-likeness (QED) is 0.611. The van der Waals surface area contributed by atoms with Gasteiger partial charge < -0.3 is 4.42 Å². The topological polar surface area (TPSA) is 38.9 Å². The molecule has 0 radical (unpaired) electrons. The van der Waals surface area contributed by atoms with Crippen LogP contribution in [0.5, 0.6) is 0 Å². The number of nitrogens with zero attached hydrogens (tertiary/aromatic N) is 2. The maximum absolute atomic E-state index is 6.11. The molecule has 0 fully saturated rings. The van der Waals surface area contributed by atoms with Crippen molar-refractivity contribution in [3.8, 4) is 11.4 Å². The lowest BCUT2D eigenvalue weighted by molar-refractivity contribution is 0.567. The van der Waals surface area contributed by atoms with Gasteiger partial charge in [-0.25, -0.2) is 4.98 Å². The molecule has 0 aliphatic rings. The smallest absolute Gasteiger partial charge is 0.231 e. The summed E-state index contributed by atoms with van der Waals surface area (Å²) in [6, 6.07) is 11.5. The van der Waals surface area contributed by atoms with Crippen LogP contribution in [0.4, 0.5) is 0 Å². The highest BCUT2D eigenvalue weighted by molar-refractivity contribution is 6.34. The van der Waals surface area contributed by atoms with Crippen LogP contribution >= 0.6 is 11.6 Å². The van der Waals surface area contributed by atoms with Crippen LogP contribution in [0.15, 0.2) is 40.8 Å². The van der Waals surface area contributed by atoms with Gasteiger partial charge in [-0.3, -0.25) is 0 Å². The molecule has 84 valence electrons. The second-order valence-corrected chi connectivity index (χ2v) is 4.14. The fourth-order valence-corrected chi connectivity index (χ4v) is 1.94. The molecule has 0 spiro atoms. The molecule has 2 aromatic heterocycles. The molecular formula is C13H9ClN2O. The number of furan rings is 1. The Kier molecular flexibility index (Phi) is 2.34. The Morgan fingerprint density at radius 3 is 2.65 bits per heavy atom. The van der Waals surface area contributed by atoms with Gasteiger partial charge in [0.1, 0.15) is 10.9 Å². The molecule has 0 N–H and O–H groups in total. The average Bonchev–Trinajstić information content (AvgIpc) is 2.71. The van der Waals surface area contributed by atoms with E-state index >= 15 is 0 Å². The molecule has 4 heteroatoms. The fourth-order valence-electron chi connectivity index (χ4n) is 1.72. The van der Waals surface area contributed by atoms with Crippen molar-refractivity contribution in [3.05, 3.63) is 47.3 Å². The first-order valence-corrected chi connectivity index (χ1v) is 5.61. The average molecular weight is 245 g/mol. The number of hydrogen-bond acceptors (Lipinski definition) is 3.